The van der Waals surface area contributed by atoms with Crippen LogP contribution in [0.1, 0.15) is 73.7 Å². The molecule has 5 aromatic rings. The van der Waals surface area contributed by atoms with Crippen LogP contribution >= 0.6 is 11.8 Å². The van der Waals surface area contributed by atoms with Crippen LogP contribution in [0, 0.1) is 0 Å². The minimum atomic E-state index is -0.590. The van der Waals surface area contributed by atoms with Gasteiger partial charge >= 0.3 is 0 Å². The number of nitrogens with one attached hydrogen (secondary N) is 2. The second-order valence-electron chi connectivity index (χ2n) is 12.8. The van der Waals surface area contributed by atoms with Crippen molar-refractivity contribution in [1.29, 1.82) is 0 Å². The van der Waals surface area contributed by atoms with E-state index in [-0.39, 0.29) is 30.6 Å². The number of hydrogen-bond acceptors (Lipinski definition) is 9. The number of rotatable bonds is 16. The zero-order valence-corrected chi connectivity index (χ0v) is 30.0. The highest BCUT2D eigenvalue weighted by Crippen LogP contribution is 2.40. The van der Waals surface area contributed by atoms with Crippen molar-refractivity contribution in [2.75, 3.05) is 12.3 Å². The van der Waals surface area contributed by atoms with Gasteiger partial charge in [0.2, 0.25) is 17.0 Å². The number of unbranched alkanes of at least 4 members (excludes halogenated alkanes) is 2. The number of hydrogen-bond donors (Lipinski definition) is 3. The summed E-state index contributed by atoms with van der Waals surface area (Å²) in [6, 6.07) is 34.1. The van der Waals surface area contributed by atoms with E-state index in [1.54, 1.807) is 16.4 Å². The number of benzene rings is 4. The molecule has 3 atom stereocenters. The van der Waals surface area contributed by atoms with Crippen LogP contribution in [0.3, 0.4) is 0 Å². The number of amides is 2. The number of carbonyl (C=O) groups is 2. The summed E-state index contributed by atoms with van der Waals surface area (Å²) in [4.78, 5) is 23.4. The topological polar surface area (TPSA) is 140 Å². The SMILES string of the molecule is CC(=O)NCCCCCC(=O)NCc1cccc(-c2ccc([C@@H]3O[C@H](CSc4nnnn4-c4ccccc4)C[C@H](c4ccc(CO)cc4)O3)cc2)c1. The summed E-state index contributed by atoms with van der Waals surface area (Å²) in [5.41, 5.74) is 6.79. The molecule has 1 aliphatic rings. The van der Waals surface area contributed by atoms with Gasteiger partial charge in [-0.1, -0.05) is 103 Å². The number of aromatic nitrogens is 4. The lowest BCUT2D eigenvalue weighted by Crippen LogP contribution is -2.31. The van der Waals surface area contributed by atoms with E-state index in [1.807, 2.05) is 78.9 Å². The van der Waals surface area contributed by atoms with Crippen LogP contribution in [-0.4, -0.2) is 55.5 Å². The molecular weight excluding hydrogens is 677 g/mol. The highest BCUT2D eigenvalue weighted by Gasteiger charge is 2.32. The minimum Gasteiger partial charge on any atom is -0.392 e. The van der Waals surface area contributed by atoms with Crippen LogP contribution in [-0.2, 0) is 32.2 Å². The van der Waals surface area contributed by atoms with Gasteiger partial charge in [-0.25, -0.2) is 0 Å². The van der Waals surface area contributed by atoms with Gasteiger partial charge in [0.15, 0.2) is 6.29 Å². The number of tetrazole rings is 1. The number of aliphatic hydroxyl groups is 1. The maximum atomic E-state index is 12.4. The molecule has 4 aromatic carbocycles. The lowest BCUT2D eigenvalue weighted by atomic mass is 9.99. The molecule has 52 heavy (non-hydrogen) atoms. The van der Waals surface area contributed by atoms with Gasteiger partial charge in [-0.15, -0.1) is 5.10 Å². The molecular formula is C40H44N6O5S. The summed E-state index contributed by atoms with van der Waals surface area (Å²) in [5.74, 6) is 0.619. The third kappa shape index (κ3) is 10.3. The van der Waals surface area contributed by atoms with E-state index in [0.29, 0.717) is 36.8 Å². The monoisotopic (exact) mass is 720 g/mol. The van der Waals surface area contributed by atoms with Gasteiger partial charge in [0.25, 0.3) is 0 Å². The highest BCUT2D eigenvalue weighted by molar-refractivity contribution is 7.99. The number of thioether (sulfide) groups is 1. The van der Waals surface area contributed by atoms with Crippen LogP contribution in [0.15, 0.2) is 108 Å². The first-order valence-corrected chi connectivity index (χ1v) is 18.6. The average molecular weight is 721 g/mol. The molecule has 0 aliphatic carbocycles. The van der Waals surface area contributed by atoms with Gasteiger partial charge in [-0.05, 0) is 69.3 Å². The van der Waals surface area contributed by atoms with Crippen molar-refractivity contribution in [3.05, 3.63) is 125 Å². The molecule has 3 N–H and O–H groups in total. The van der Waals surface area contributed by atoms with Gasteiger partial charge in [-0.3, -0.25) is 9.59 Å². The summed E-state index contributed by atoms with van der Waals surface area (Å²) < 4.78 is 14.9. The second-order valence-corrected chi connectivity index (χ2v) is 13.7. The molecule has 0 saturated carbocycles. The van der Waals surface area contributed by atoms with Gasteiger partial charge in [-0.2, -0.15) is 4.68 Å². The molecule has 6 rings (SSSR count). The molecule has 1 fully saturated rings. The van der Waals surface area contributed by atoms with Gasteiger partial charge < -0.3 is 25.2 Å². The third-order valence-electron chi connectivity index (χ3n) is 8.84. The Labute approximate surface area is 308 Å². The highest BCUT2D eigenvalue weighted by atomic mass is 32.2. The smallest absolute Gasteiger partial charge is 0.220 e. The average Bonchev–Trinajstić information content (AvgIpc) is 3.67. The maximum absolute atomic E-state index is 12.4. The number of nitrogens with zero attached hydrogens (tertiary/aromatic N) is 4. The Morgan fingerprint density at radius 3 is 2.40 bits per heavy atom. The van der Waals surface area contributed by atoms with E-state index in [2.05, 4.69) is 50.4 Å². The minimum absolute atomic E-state index is 0.0140. The Bertz CT molecular complexity index is 1890. The van der Waals surface area contributed by atoms with E-state index in [4.69, 9.17) is 9.47 Å². The van der Waals surface area contributed by atoms with Gasteiger partial charge in [0.05, 0.1) is 24.5 Å². The first-order valence-electron chi connectivity index (χ1n) is 17.6. The largest absolute Gasteiger partial charge is 0.392 e. The van der Waals surface area contributed by atoms with Crippen molar-refractivity contribution in [1.82, 2.24) is 30.8 Å². The summed E-state index contributed by atoms with van der Waals surface area (Å²) in [5, 5.41) is 28.4. The van der Waals surface area contributed by atoms with Gasteiger partial charge in [0.1, 0.15) is 0 Å². The molecule has 270 valence electrons. The van der Waals surface area contributed by atoms with Crippen LogP contribution in [0.25, 0.3) is 16.8 Å². The fourth-order valence-electron chi connectivity index (χ4n) is 6.02. The van der Waals surface area contributed by atoms with Crippen molar-refractivity contribution in [3.8, 4) is 16.8 Å². The second kappa shape index (κ2) is 18.6. The van der Waals surface area contributed by atoms with E-state index in [1.165, 1.54) is 6.92 Å². The fraction of sp³-hybridized carbons (Fsp3) is 0.325. The van der Waals surface area contributed by atoms with Crippen LogP contribution in [0.5, 0.6) is 0 Å². The lowest BCUT2D eigenvalue weighted by molar-refractivity contribution is -0.245. The molecule has 2 amide bonds. The zero-order chi connectivity index (χ0) is 36.1. The molecule has 0 bridgehead atoms. The predicted molar refractivity (Wildman–Crippen MR) is 199 cm³/mol. The van der Waals surface area contributed by atoms with E-state index >= 15 is 0 Å². The predicted octanol–water partition coefficient (Wildman–Crippen LogP) is 6.47. The molecule has 2 heterocycles. The first-order chi connectivity index (χ1) is 25.4. The molecule has 12 heteroatoms. The molecule has 1 aliphatic heterocycles. The van der Waals surface area contributed by atoms with Crippen molar-refractivity contribution < 1.29 is 24.2 Å². The number of aliphatic hydroxyl groups excluding tert-OH is 1. The summed E-state index contributed by atoms with van der Waals surface area (Å²) in [6.07, 6.45) is 2.71. The maximum Gasteiger partial charge on any atom is 0.220 e. The first kappa shape index (κ1) is 36.9. The number of para-hydroxylation sites is 1. The quantitative estimate of drug-likeness (QED) is 0.0773. The van der Waals surface area contributed by atoms with Crippen LogP contribution in [0.4, 0.5) is 0 Å². The fourth-order valence-corrected chi connectivity index (χ4v) is 6.93. The molecule has 11 nitrogen and oxygen atoms in total. The molecule has 0 radical (unpaired) electrons. The normalized spacial score (nSPS) is 17.1. The Morgan fingerprint density at radius 2 is 1.63 bits per heavy atom. The molecule has 0 spiro atoms. The summed E-state index contributed by atoms with van der Waals surface area (Å²) >= 11 is 1.54. The van der Waals surface area contributed by atoms with Crippen molar-refractivity contribution >= 4 is 23.6 Å². The van der Waals surface area contributed by atoms with Gasteiger partial charge in [0, 0.05) is 44.2 Å². The Hall–Kier alpha value is -4.88. The Morgan fingerprint density at radius 1 is 0.846 bits per heavy atom. The van der Waals surface area contributed by atoms with Crippen LogP contribution < -0.4 is 10.6 Å². The van der Waals surface area contributed by atoms with Crippen molar-refractivity contribution in [2.24, 2.45) is 0 Å². The Balaban J connectivity index is 1.09. The standard InChI is InChI=1S/C40H44N6O5S/c1-28(48)41-22-7-3-6-13-38(49)42-25-30-9-8-10-34(23-30)31-18-20-33(21-19-31)39-50-36(24-37(51-39)32-16-14-29(26-47)15-17-32)27-52-40-43-44-45-46(40)35-11-4-2-5-12-35/h2,4-5,8-12,14-21,23,36-37,39,47H,3,6-7,13,22,24-27H2,1H3,(H,41,48)(H,42,49)/t36-,37+,39+/m0/s1. The molecule has 1 saturated heterocycles. The van der Waals surface area contributed by atoms with E-state index < -0.39 is 6.29 Å². The van der Waals surface area contributed by atoms with E-state index in [0.717, 1.165) is 58.3 Å². The Kier molecular flexibility index (Phi) is 13.2. The number of carbonyl (C=O) groups excluding carboxylic acids is 2. The van der Waals surface area contributed by atoms with Crippen molar-refractivity contribution in [3.63, 3.8) is 0 Å². The molecule has 0 unspecified atom stereocenters. The van der Waals surface area contributed by atoms with E-state index in [9.17, 15) is 14.7 Å². The zero-order valence-electron chi connectivity index (χ0n) is 29.2. The van der Waals surface area contributed by atoms with Crippen LogP contribution in [0.2, 0.25) is 0 Å². The summed E-state index contributed by atoms with van der Waals surface area (Å²) in [6.45, 7) is 2.59. The molecule has 1 aromatic heterocycles. The third-order valence-corrected chi connectivity index (χ3v) is 9.89. The number of ether oxygens (including phenoxy) is 2. The van der Waals surface area contributed by atoms with Crippen molar-refractivity contribution in [2.45, 2.75) is 75.8 Å². The lowest BCUT2D eigenvalue weighted by Gasteiger charge is -2.36. The summed E-state index contributed by atoms with van der Waals surface area (Å²) in [7, 11) is 0.